The summed E-state index contributed by atoms with van der Waals surface area (Å²) in [4.78, 5) is 0. The van der Waals surface area contributed by atoms with Gasteiger partial charge >= 0.3 is 0 Å². The summed E-state index contributed by atoms with van der Waals surface area (Å²) >= 11 is 0. The molecule has 0 radical (unpaired) electrons. The summed E-state index contributed by atoms with van der Waals surface area (Å²) in [7, 11) is 3.54. The molecule has 1 N–H and O–H groups in total. The number of aryl methyl sites for hydroxylation is 1. The maximum Gasteiger partial charge on any atom is 0.161 e. The highest BCUT2D eigenvalue weighted by Crippen LogP contribution is 2.27. The highest BCUT2D eigenvalue weighted by molar-refractivity contribution is 5.39. The van der Waals surface area contributed by atoms with Crippen molar-refractivity contribution in [1.29, 1.82) is 0 Å². The minimum absolute atomic E-state index is 0.394. The number of furan rings is 1. The number of para-hydroxylation sites is 2. The van der Waals surface area contributed by atoms with Crippen molar-refractivity contribution in [1.82, 2.24) is 5.32 Å². The molecule has 0 amide bonds. The molecule has 0 bridgehead atoms. The molecule has 0 atom stereocenters. The number of methoxy groups -OCH3 is 1. The fraction of sp³-hybridized carbons (Fsp3) is 0.333. The van der Waals surface area contributed by atoms with Crippen LogP contribution in [0.3, 0.4) is 0 Å². The lowest BCUT2D eigenvalue weighted by atomic mass is 10.2. The minimum Gasteiger partial charge on any atom is -0.493 e. The van der Waals surface area contributed by atoms with Crippen LogP contribution in [0.25, 0.3) is 0 Å². The van der Waals surface area contributed by atoms with E-state index in [9.17, 15) is 0 Å². The maximum absolute atomic E-state index is 5.72. The van der Waals surface area contributed by atoms with Crippen molar-refractivity contribution in [2.24, 2.45) is 0 Å². The van der Waals surface area contributed by atoms with Crippen LogP contribution < -0.4 is 14.8 Å². The average molecular weight is 261 g/mol. The molecule has 0 fully saturated rings. The van der Waals surface area contributed by atoms with Crippen LogP contribution in [0.15, 0.2) is 34.7 Å². The van der Waals surface area contributed by atoms with Crippen LogP contribution in [0.2, 0.25) is 0 Å². The second-order valence-corrected chi connectivity index (χ2v) is 4.26. The molecule has 4 nitrogen and oxygen atoms in total. The van der Waals surface area contributed by atoms with Gasteiger partial charge in [0.1, 0.15) is 18.1 Å². The number of ether oxygens (including phenoxy) is 2. The van der Waals surface area contributed by atoms with E-state index in [2.05, 4.69) is 5.32 Å². The maximum atomic E-state index is 5.72. The molecule has 1 aromatic carbocycles. The molecule has 0 saturated heterocycles. The second kappa shape index (κ2) is 6.29. The van der Waals surface area contributed by atoms with E-state index in [1.807, 2.05) is 44.3 Å². The quantitative estimate of drug-likeness (QED) is 0.868. The molecule has 0 aliphatic carbocycles. The Hall–Kier alpha value is -1.94. The Labute approximate surface area is 113 Å². The summed E-state index contributed by atoms with van der Waals surface area (Å²) in [5, 5.41) is 3.11. The third-order valence-electron chi connectivity index (χ3n) is 2.88. The van der Waals surface area contributed by atoms with Gasteiger partial charge in [-0.05, 0) is 32.2 Å². The van der Waals surface area contributed by atoms with Crippen molar-refractivity contribution in [2.45, 2.75) is 20.1 Å². The first-order valence-corrected chi connectivity index (χ1v) is 6.23. The van der Waals surface area contributed by atoms with Gasteiger partial charge in [-0.3, -0.25) is 0 Å². The van der Waals surface area contributed by atoms with Crippen molar-refractivity contribution >= 4 is 0 Å². The summed E-state index contributed by atoms with van der Waals surface area (Å²) in [6.07, 6.45) is 0. The van der Waals surface area contributed by atoms with Gasteiger partial charge in [-0.2, -0.15) is 0 Å². The molecule has 1 aromatic heterocycles. The standard InChI is InChI=1S/C15H19NO3/c1-11-12(9-16-2)8-13(19-11)10-18-15-7-5-4-6-14(15)17-3/h4-8,16H,9-10H2,1-3H3. The molecular formula is C15H19NO3. The molecule has 102 valence electrons. The molecule has 19 heavy (non-hydrogen) atoms. The van der Waals surface area contributed by atoms with E-state index < -0.39 is 0 Å². The lowest BCUT2D eigenvalue weighted by Crippen LogP contribution is -2.04. The summed E-state index contributed by atoms with van der Waals surface area (Å²) in [5.74, 6) is 3.18. The summed E-state index contributed by atoms with van der Waals surface area (Å²) in [6, 6.07) is 9.59. The molecule has 1 heterocycles. The normalized spacial score (nSPS) is 10.5. The molecule has 2 aromatic rings. The first kappa shape index (κ1) is 13.5. The molecular weight excluding hydrogens is 242 g/mol. The second-order valence-electron chi connectivity index (χ2n) is 4.26. The van der Waals surface area contributed by atoms with Crippen molar-refractivity contribution in [3.63, 3.8) is 0 Å². The zero-order valence-corrected chi connectivity index (χ0v) is 11.5. The number of hydrogen-bond donors (Lipinski definition) is 1. The van der Waals surface area contributed by atoms with Gasteiger partial charge in [0, 0.05) is 12.1 Å². The molecule has 2 rings (SSSR count). The van der Waals surface area contributed by atoms with Crippen LogP contribution in [0, 0.1) is 6.92 Å². The third kappa shape index (κ3) is 3.29. The van der Waals surface area contributed by atoms with E-state index in [4.69, 9.17) is 13.9 Å². The van der Waals surface area contributed by atoms with Crippen molar-refractivity contribution in [2.75, 3.05) is 14.2 Å². The van der Waals surface area contributed by atoms with E-state index >= 15 is 0 Å². The number of rotatable bonds is 6. The first-order valence-electron chi connectivity index (χ1n) is 6.23. The summed E-state index contributed by atoms with van der Waals surface area (Å²) < 4.78 is 16.6. The van der Waals surface area contributed by atoms with Gasteiger partial charge < -0.3 is 19.2 Å². The van der Waals surface area contributed by atoms with E-state index in [1.165, 1.54) is 0 Å². The molecule has 0 unspecified atom stereocenters. The van der Waals surface area contributed by atoms with E-state index in [0.29, 0.717) is 12.4 Å². The largest absolute Gasteiger partial charge is 0.493 e. The van der Waals surface area contributed by atoms with Gasteiger partial charge in [-0.25, -0.2) is 0 Å². The van der Waals surface area contributed by atoms with Crippen molar-refractivity contribution in [3.05, 3.63) is 47.4 Å². The average Bonchev–Trinajstić information content (AvgIpc) is 2.78. The predicted molar refractivity (Wildman–Crippen MR) is 73.5 cm³/mol. The summed E-state index contributed by atoms with van der Waals surface area (Å²) in [5.41, 5.74) is 1.15. The van der Waals surface area contributed by atoms with Crippen LogP contribution in [-0.4, -0.2) is 14.2 Å². The van der Waals surface area contributed by atoms with E-state index in [1.54, 1.807) is 7.11 Å². The number of nitrogens with one attached hydrogen (secondary N) is 1. The lowest BCUT2D eigenvalue weighted by molar-refractivity contribution is 0.254. The molecule has 0 spiro atoms. The zero-order valence-electron chi connectivity index (χ0n) is 11.5. The van der Waals surface area contributed by atoms with Gasteiger partial charge in [-0.1, -0.05) is 12.1 Å². The highest BCUT2D eigenvalue weighted by Gasteiger charge is 2.08. The van der Waals surface area contributed by atoms with Gasteiger partial charge in [-0.15, -0.1) is 0 Å². The molecule has 0 saturated carbocycles. The third-order valence-corrected chi connectivity index (χ3v) is 2.88. The zero-order chi connectivity index (χ0) is 13.7. The van der Waals surface area contributed by atoms with Gasteiger partial charge in [0.2, 0.25) is 0 Å². The molecule has 4 heteroatoms. The van der Waals surface area contributed by atoms with Crippen molar-refractivity contribution < 1.29 is 13.9 Å². The minimum atomic E-state index is 0.394. The SMILES string of the molecule is CNCc1cc(COc2ccccc2OC)oc1C. The Balaban J connectivity index is 2.04. The van der Waals surface area contributed by atoms with Crippen molar-refractivity contribution in [3.8, 4) is 11.5 Å². The Morgan fingerprint density at radius 3 is 2.63 bits per heavy atom. The topological polar surface area (TPSA) is 43.6 Å². The lowest BCUT2D eigenvalue weighted by Gasteiger charge is -2.08. The van der Waals surface area contributed by atoms with E-state index in [0.717, 1.165) is 29.4 Å². The van der Waals surface area contributed by atoms with Crippen LogP contribution >= 0.6 is 0 Å². The Morgan fingerprint density at radius 2 is 1.95 bits per heavy atom. The van der Waals surface area contributed by atoms with Crippen LogP contribution in [0.4, 0.5) is 0 Å². The number of benzene rings is 1. The fourth-order valence-corrected chi connectivity index (χ4v) is 1.91. The van der Waals surface area contributed by atoms with Gasteiger partial charge in [0.25, 0.3) is 0 Å². The van der Waals surface area contributed by atoms with Gasteiger partial charge in [0.05, 0.1) is 7.11 Å². The predicted octanol–water partition coefficient (Wildman–Crippen LogP) is 2.90. The Bertz CT molecular complexity index is 534. The first-order chi connectivity index (χ1) is 9.24. The van der Waals surface area contributed by atoms with Crippen LogP contribution in [0.1, 0.15) is 17.1 Å². The van der Waals surface area contributed by atoms with Crippen LogP contribution in [-0.2, 0) is 13.2 Å². The smallest absolute Gasteiger partial charge is 0.161 e. The fourth-order valence-electron chi connectivity index (χ4n) is 1.91. The summed E-state index contributed by atoms with van der Waals surface area (Å²) in [6.45, 7) is 3.15. The molecule has 0 aliphatic rings. The Kier molecular flexibility index (Phi) is 4.47. The van der Waals surface area contributed by atoms with Crippen LogP contribution in [0.5, 0.6) is 11.5 Å². The van der Waals surface area contributed by atoms with E-state index in [-0.39, 0.29) is 0 Å². The monoisotopic (exact) mass is 261 g/mol. The Morgan fingerprint density at radius 1 is 1.21 bits per heavy atom. The highest BCUT2D eigenvalue weighted by atomic mass is 16.5. The number of hydrogen-bond acceptors (Lipinski definition) is 4. The molecule has 0 aliphatic heterocycles. The van der Waals surface area contributed by atoms with Gasteiger partial charge in [0.15, 0.2) is 11.5 Å².